The monoisotopic (exact) mass is 217 g/mol. The van der Waals surface area contributed by atoms with Gasteiger partial charge in [0.25, 0.3) is 0 Å². The van der Waals surface area contributed by atoms with Crippen molar-refractivity contribution in [1.82, 2.24) is 9.78 Å². The first-order valence-electron chi connectivity index (χ1n) is 4.48. The van der Waals surface area contributed by atoms with Crippen molar-refractivity contribution in [2.45, 2.75) is 32.0 Å². The zero-order valence-electron chi connectivity index (χ0n) is 8.12. The third kappa shape index (κ3) is 2.72. The van der Waals surface area contributed by atoms with Crippen LogP contribution in [-0.2, 0) is 6.18 Å². The average Bonchev–Trinajstić information content (AvgIpc) is 2.62. The maximum Gasteiger partial charge on any atom is 0.435 e. The van der Waals surface area contributed by atoms with Crippen LogP contribution in [0.15, 0.2) is 12.3 Å². The highest BCUT2D eigenvalue weighted by Gasteiger charge is 2.33. The van der Waals surface area contributed by atoms with Crippen molar-refractivity contribution in [3.8, 4) is 6.07 Å². The van der Waals surface area contributed by atoms with E-state index < -0.39 is 11.9 Å². The van der Waals surface area contributed by atoms with Gasteiger partial charge in [0, 0.05) is 6.20 Å². The third-order valence-electron chi connectivity index (χ3n) is 2.07. The summed E-state index contributed by atoms with van der Waals surface area (Å²) in [6.07, 6.45) is -2.42. The lowest BCUT2D eigenvalue weighted by Gasteiger charge is -2.11. The van der Waals surface area contributed by atoms with Crippen LogP contribution < -0.4 is 0 Å². The highest BCUT2D eigenvalue weighted by atomic mass is 19.4. The molecule has 0 aliphatic carbocycles. The minimum absolute atomic E-state index is 0.162. The van der Waals surface area contributed by atoms with Crippen LogP contribution in [0.3, 0.4) is 0 Å². The molecule has 1 aromatic heterocycles. The van der Waals surface area contributed by atoms with Crippen LogP contribution in [0, 0.1) is 11.3 Å². The zero-order chi connectivity index (χ0) is 11.5. The molecule has 3 nitrogen and oxygen atoms in total. The summed E-state index contributed by atoms with van der Waals surface area (Å²) in [5.74, 6) is 0. The first kappa shape index (κ1) is 11.6. The van der Waals surface area contributed by atoms with E-state index in [1.54, 1.807) is 6.92 Å². The Kier molecular flexibility index (Phi) is 3.35. The maximum absolute atomic E-state index is 12.2. The van der Waals surface area contributed by atoms with E-state index in [2.05, 4.69) is 5.10 Å². The molecule has 1 heterocycles. The number of hydrogen-bond donors (Lipinski definition) is 0. The van der Waals surface area contributed by atoms with Gasteiger partial charge in [-0.1, -0.05) is 6.92 Å². The highest BCUT2D eigenvalue weighted by Crippen LogP contribution is 2.28. The molecule has 0 aliphatic rings. The predicted octanol–water partition coefficient (Wildman–Crippen LogP) is 2.77. The van der Waals surface area contributed by atoms with Crippen molar-refractivity contribution in [3.05, 3.63) is 18.0 Å². The molecule has 0 saturated carbocycles. The van der Waals surface area contributed by atoms with E-state index in [0.29, 0.717) is 6.42 Å². The molecule has 1 aromatic rings. The smallest absolute Gasteiger partial charge is 0.268 e. The fourth-order valence-corrected chi connectivity index (χ4v) is 1.22. The minimum atomic E-state index is -4.42. The van der Waals surface area contributed by atoms with Gasteiger partial charge in [-0.2, -0.15) is 23.5 Å². The summed E-state index contributed by atoms with van der Waals surface area (Å²) in [5, 5.41) is 11.9. The topological polar surface area (TPSA) is 41.6 Å². The van der Waals surface area contributed by atoms with Crippen LogP contribution in [0.5, 0.6) is 0 Å². The van der Waals surface area contributed by atoms with Gasteiger partial charge < -0.3 is 0 Å². The van der Waals surface area contributed by atoms with Crippen LogP contribution in [-0.4, -0.2) is 9.78 Å². The van der Waals surface area contributed by atoms with Crippen molar-refractivity contribution in [2.75, 3.05) is 0 Å². The third-order valence-corrected chi connectivity index (χ3v) is 2.07. The molecule has 0 saturated heterocycles. The second kappa shape index (κ2) is 4.34. The van der Waals surface area contributed by atoms with E-state index >= 15 is 0 Å². The van der Waals surface area contributed by atoms with Gasteiger partial charge >= 0.3 is 6.18 Å². The summed E-state index contributed by atoms with van der Waals surface area (Å²) < 4.78 is 37.8. The van der Waals surface area contributed by atoms with Crippen molar-refractivity contribution < 1.29 is 13.2 Å². The van der Waals surface area contributed by atoms with Gasteiger partial charge in [0.1, 0.15) is 0 Å². The molecule has 1 atom stereocenters. The number of aromatic nitrogens is 2. The summed E-state index contributed by atoms with van der Waals surface area (Å²) in [6, 6.07) is 2.55. The summed E-state index contributed by atoms with van der Waals surface area (Å²) in [5.41, 5.74) is -0.918. The van der Waals surface area contributed by atoms with Crippen LogP contribution in [0.4, 0.5) is 13.2 Å². The summed E-state index contributed by atoms with van der Waals surface area (Å²) in [6.45, 7) is 1.80. The summed E-state index contributed by atoms with van der Waals surface area (Å²) in [4.78, 5) is 0. The second-order valence-corrected chi connectivity index (χ2v) is 3.10. The fourth-order valence-electron chi connectivity index (χ4n) is 1.22. The largest absolute Gasteiger partial charge is 0.435 e. The van der Waals surface area contributed by atoms with E-state index in [4.69, 9.17) is 5.26 Å². The number of rotatable bonds is 3. The first-order valence-corrected chi connectivity index (χ1v) is 4.48. The van der Waals surface area contributed by atoms with E-state index in [9.17, 15) is 13.2 Å². The molecular formula is C9H10F3N3. The average molecular weight is 217 g/mol. The molecule has 0 aliphatic heterocycles. The number of halogens is 3. The second-order valence-electron chi connectivity index (χ2n) is 3.10. The molecule has 0 bridgehead atoms. The number of nitrogens with zero attached hydrogens (tertiary/aromatic N) is 3. The molecule has 0 aromatic carbocycles. The molecule has 0 amide bonds. The number of hydrogen-bond acceptors (Lipinski definition) is 2. The fraction of sp³-hybridized carbons (Fsp3) is 0.556. The van der Waals surface area contributed by atoms with Gasteiger partial charge in [-0.05, 0) is 12.5 Å². The highest BCUT2D eigenvalue weighted by molar-refractivity contribution is 5.04. The van der Waals surface area contributed by atoms with Gasteiger partial charge in [0.15, 0.2) is 5.69 Å². The quantitative estimate of drug-likeness (QED) is 0.781. The standard InChI is InChI=1S/C9H10F3N3/c1-2-7(3-5-13)15-6-4-8(14-15)9(10,11)12/h4,6-7H,2-3H2,1H3/t7-/m1/s1. The lowest BCUT2D eigenvalue weighted by molar-refractivity contribution is -0.141. The number of alkyl halides is 3. The molecule has 0 N–H and O–H groups in total. The SMILES string of the molecule is CC[C@H](CC#N)n1ccc(C(F)(F)F)n1. The molecule has 82 valence electrons. The molecule has 15 heavy (non-hydrogen) atoms. The van der Waals surface area contributed by atoms with Gasteiger partial charge in [0.2, 0.25) is 0 Å². The Bertz CT molecular complexity index is 361. The van der Waals surface area contributed by atoms with Crippen molar-refractivity contribution in [1.29, 1.82) is 5.26 Å². The van der Waals surface area contributed by atoms with Gasteiger partial charge in [-0.15, -0.1) is 0 Å². The van der Waals surface area contributed by atoms with Crippen LogP contribution in [0.2, 0.25) is 0 Å². The van der Waals surface area contributed by atoms with E-state index in [1.807, 2.05) is 6.07 Å². The summed E-state index contributed by atoms with van der Waals surface area (Å²) in [7, 11) is 0. The molecule has 0 spiro atoms. The Balaban J connectivity index is 2.88. The molecular weight excluding hydrogens is 207 g/mol. The van der Waals surface area contributed by atoms with Crippen LogP contribution >= 0.6 is 0 Å². The zero-order valence-corrected chi connectivity index (χ0v) is 8.12. The Morgan fingerprint density at radius 1 is 1.60 bits per heavy atom. The number of nitriles is 1. The van der Waals surface area contributed by atoms with Crippen molar-refractivity contribution in [3.63, 3.8) is 0 Å². The molecule has 6 heteroatoms. The molecule has 0 fully saturated rings. The normalized spacial score (nSPS) is 13.5. The van der Waals surface area contributed by atoms with Gasteiger partial charge in [-0.3, -0.25) is 4.68 Å². The maximum atomic E-state index is 12.2. The predicted molar refractivity (Wildman–Crippen MR) is 46.8 cm³/mol. The van der Waals surface area contributed by atoms with Gasteiger partial charge in [-0.25, -0.2) is 0 Å². The Morgan fingerprint density at radius 3 is 2.67 bits per heavy atom. The van der Waals surface area contributed by atoms with Crippen LogP contribution in [0.1, 0.15) is 31.5 Å². The Morgan fingerprint density at radius 2 is 2.27 bits per heavy atom. The summed E-state index contributed by atoms with van der Waals surface area (Å²) >= 11 is 0. The van der Waals surface area contributed by atoms with Crippen molar-refractivity contribution in [2.24, 2.45) is 0 Å². The van der Waals surface area contributed by atoms with E-state index in [-0.39, 0.29) is 12.5 Å². The van der Waals surface area contributed by atoms with Crippen LogP contribution in [0.25, 0.3) is 0 Å². The van der Waals surface area contributed by atoms with Crippen molar-refractivity contribution >= 4 is 0 Å². The Hall–Kier alpha value is -1.51. The molecule has 0 unspecified atom stereocenters. The van der Waals surface area contributed by atoms with E-state index in [0.717, 1.165) is 6.07 Å². The first-order chi connectivity index (χ1) is 6.99. The molecule has 0 radical (unpaired) electrons. The van der Waals surface area contributed by atoms with Gasteiger partial charge in [0.05, 0.1) is 18.5 Å². The molecule has 1 rings (SSSR count). The lowest BCUT2D eigenvalue weighted by atomic mass is 10.2. The Labute approximate surface area is 85.1 Å². The van der Waals surface area contributed by atoms with E-state index in [1.165, 1.54) is 10.9 Å². The minimum Gasteiger partial charge on any atom is -0.268 e. The lowest BCUT2D eigenvalue weighted by Crippen LogP contribution is -2.11.